The summed E-state index contributed by atoms with van der Waals surface area (Å²) >= 11 is 2.12. The third-order valence-electron chi connectivity index (χ3n) is 3.55. The van der Waals surface area contributed by atoms with E-state index in [0.29, 0.717) is 10.2 Å². The van der Waals surface area contributed by atoms with Gasteiger partial charge in [-0.05, 0) is 35.3 Å². The highest BCUT2D eigenvalue weighted by molar-refractivity contribution is 8.01. The summed E-state index contributed by atoms with van der Waals surface area (Å²) in [6.07, 6.45) is 2.66. The molecular formula is C18H42S. The van der Waals surface area contributed by atoms with Crippen molar-refractivity contribution in [2.75, 3.05) is 0 Å². The van der Waals surface area contributed by atoms with E-state index in [1.165, 1.54) is 12.8 Å². The van der Waals surface area contributed by atoms with Crippen molar-refractivity contribution in [3.05, 3.63) is 0 Å². The molecule has 0 saturated heterocycles. The zero-order chi connectivity index (χ0) is 13.9. The Bertz CT molecular complexity index is 214. The lowest BCUT2D eigenvalue weighted by atomic mass is 9.74. The molecule has 0 nitrogen and oxygen atoms in total. The molecule has 0 radical (unpaired) electrons. The second-order valence-corrected chi connectivity index (χ2v) is 9.87. The molecule has 0 fully saturated rings. The maximum Gasteiger partial charge on any atom is 0.0132 e. The molecule has 0 amide bonds. The van der Waals surface area contributed by atoms with Crippen molar-refractivity contribution in [1.82, 2.24) is 0 Å². The van der Waals surface area contributed by atoms with Crippen molar-refractivity contribution >= 4 is 11.8 Å². The zero-order valence-corrected chi connectivity index (χ0v) is 14.4. The van der Waals surface area contributed by atoms with Crippen LogP contribution in [0.4, 0.5) is 0 Å². The quantitative estimate of drug-likeness (QED) is 0.475. The minimum Gasteiger partial charge on any atom is -0.153 e. The normalized spacial score (nSPS) is 14.1. The largest absolute Gasteiger partial charge is 0.153 e. The molecule has 0 aliphatic rings. The van der Waals surface area contributed by atoms with Crippen LogP contribution in [-0.2, 0) is 0 Å². The number of hydrogen-bond donors (Lipinski definition) is 0. The van der Waals surface area contributed by atoms with Crippen LogP contribution in [0.3, 0.4) is 0 Å². The molecule has 0 N–H and O–H groups in total. The van der Waals surface area contributed by atoms with E-state index in [0.717, 1.165) is 17.1 Å². The van der Waals surface area contributed by atoms with Crippen molar-refractivity contribution in [1.29, 1.82) is 0 Å². The molecule has 0 bridgehead atoms. The van der Waals surface area contributed by atoms with Crippen molar-refractivity contribution in [2.45, 2.75) is 100 Å². The maximum atomic E-state index is 2.43. The van der Waals surface area contributed by atoms with E-state index in [1.807, 2.05) is 0 Å². The van der Waals surface area contributed by atoms with Crippen LogP contribution in [0.15, 0.2) is 0 Å². The molecule has 120 valence electrons. The van der Waals surface area contributed by atoms with Gasteiger partial charge in [-0.15, -0.1) is 0 Å². The van der Waals surface area contributed by atoms with Crippen molar-refractivity contribution in [3.8, 4) is 0 Å². The molecule has 0 aromatic heterocycles. The highest BCUT2D eigenvalue weighted by atomic mass is 32.2. The molecule has 0 rings (SSSR count). The van der Waals surface area contributed by atoms with Crippen LogP contribution in [0.25, 0.3) is 0 Å². The van der Waals surface area contributed by atoms with E-state index in [1.54, 1.807) is 0 Å². The lowest BCUT2D eigenvalue weighted by molar-refractivity contribution is 0.209. The third kappa shape index (κ3) is 10.8. The highest BCUT2D eigenvalue weighted by Gasteiger charge is 2.32. The molecule has 0 saturated carbocycles. The summed E-state index contributed by atoms with van der Waals surface area (Å²) in [6, 6.07) is 0. The first kappa shape index (κ1) is 24.4. The van der Waals surface area contributed by atoms with Gasteiger partial charge in [-0.3, -0.25) is 0 Å². The summed E-state index contributed by atoms with van der Waals surface area (Å²) in [4.78, 5) is 0. The summed E-state index contributed by atoms with van der Waals surface area (Å²) in [5.74, 6) is 1.57. The first-order valence-electron chi connectivity index (χ1n) is 7.14. The standard InChI is InChI=1S/C16H34S.2CH4/c1-12(2)10-15(6,7)11-14(5)16(8,9)17-13(3)4;;/h12-14H,10-11H2,1-9H3;2*1H4. The zero-order valence-electron chi connectivity index (χ0n) is 13.6. The van der Waals surface area contributed by atoms with Crippen molar-refractivity contribution in [2.24, 2.45) is 17.3 Å². The Kier molecular flexibility index (Phi) is 12.0. The Balaban J connectivity index is -0.00000128. The Labute approximate surface area is 129 Å². The SMILES string of the molecule is C.C.CC(C)CC(C)(C)CC(C)C(C)(C)SC(C)C. The Morgan fingerprint density at radius 1 is 0.789 bits per heavy atom. The van der Waals surface area contributed by atoms with E-state index in [9.17, 15) is 0 Å². The van der Waals surface area contributed by atoms with Gasteiger partial charge >= 0.3 is 0 Å². The first-order valence-corrected chi connectivity index (χ1v) is 8.02. The molecule has 0 aromatic rings. The van der Waals surface area contributed by atoms with Crippen LogP contribution in [-0.4, -0.2) is 10.00 Å². The molecule has 0 heterocycles. The highest BCUT2D eigenvalue weighted by Crippen LogP contribution is 2.42. The van der Waals surface area contributed by atoms with Gasteiger partial charge in [0.25, 0.3) is 0 Å². The van der Waals surface area contributed by atoms with Crippen LogP contribution >= 0.6 is 11.8 Å². The summed E-state index contributed by atoms with van der Waals surface area (Å²) in [6.45, 7) is 21.4. The summed E-state index contributed by atoms with van der Waals surface area (Å²) in [7, 11) is 0. The molecule has 0 aliphatic heterocycles. The third-order valence-corrected chi connectivity index (χ3v) is 5.03. The molecule has 19 heavy (non-hydrogen) atoms. The molecule has 1 heteroatoms. The predicted molar refractivity (Wildman–Crippen MR) is 97.3 cm³/mol. The molecule has 1 unspecified atom stereocenters. The minimum atomic E-state index is 0. The van der Waals surface area contributed by atoms with Gasteiger partial charge in [-0.25, -0.2) is 0 Å². The Morgan fingerprint density at radius 3 is 1.53 bits per heavy atom. The van der Waals surface area contributed by atoms with E-state index in [4.69, 9.17) is 0 Å². The van der Waals surface area contributed by atoms with Gasteiger partial charge in [0.05, 0.1) is 0 Å². The summed E-state index contributed by atoms with van der Waals surface area (Å²) in [5.41, 5.74) is 0.475. The smallest absolute Gasteiger partial charge is 0.0132 e. The molecule has 0 spiro atoms. The van der Waals surface area contributed by atoms with Crippen molar-refractivity contribution in [3.63, 3.8) is 0 Å². The van der Waals surface area contributed by atoms with Crippen LogP contribution < -0.4 is 0 Å². The predicted octanol–water partition coefficient (Wildman–Crippen LogP) is 7.28. The first-order chi connectivity index (χ1) is 7.46. The van der Waals surface area contributed by atoms with Gasteiger partial charge in [-0.1, -0.05) is 77.2 Å². The molecule has 1 atom stereocenters. The number of rotatable bonds is 7. The summed E-state index contributed by atoms with van der Waals surface area (Å²) < 4.78 is 0.391. The molecule has 0 aromatic carbocycles. The van der Waals surface area contributed by atoms with E-state index >= 15 is 0 Å². The fourth-order valence-electron chi connectivity index (χ4n) is 2.99. The number of hydrogen-bond acceptors (Lipinski definition) is 1. The van der Waals surface area contributed by atoms with Gasteiger partial charge in [0.1, 0.15) is 0 Å². The fraction of sp³-hybridized carbons (Fsp3) is 1.00. The molecule has 0 aliphatic carbocycles. The van der Waals surface area contributed by atoms with Crippen LogP contribution in [0, 0.1) is 17.3 Å². The summed E-state index contributed by atoms with van der Waals surface area (Å²) in [5, 5.41) is 0.723. The van der Waals surface area contributed by atoms with Gasteiger partial charge in [-0.2, -0.15) is 11.8 Å². The van der Waals surface area contributed by atoms with Gasteiger partial charge in [0.15, 0.2) is 0 Å². The number of thioether (sulfide) groups is 1. The topological polar surface area (TPSA) is 0 Å². The Morgan fingerprint density at radius 2 is 1.21 bits per heavy atom. The van der Waals surface area contributed by atoms with E-state index in [-0.39, 0.29) is 14.9 Å². The van der Waals surface area contributed by atoms with Crippen LogP contribution in [0.5, 0.6) is 0 Å². The average molecular weight is 291 g/mol. The van der Waals surface area contributed by atoms with E-state index in [2.05, 4.69) is 74.1 Å². The van der Waals surface area contributed by atoms with Crippen molar-refractivity contribution < 1.29 is 0 Å². The fourth-order valence-corrected chi connectivity index (χ4v) is 4.52. The van der Waals surface area contributed by atoms with Crippen LogP contribution in [0.1, 0.15) is 90.0 Å². The average Bonchev–Trinajstić information content (AvgIpc) is 1.96. The van der Waals surface area contributed by atoms with E-state index < -0.39 is 0 Å². The second-order valence-electron chi connectivity index (χ2n) is 7.64. The lowest BCUT2D eigenvalue weighted by Gasteiger charge is -2.38. The van der Waals surface area contributed by atoms with Gasteiger partial charge in [0.2, 0.25) is 0 Å². The minimum absolute atomic E-state index is 0. The van der Waals surface area contributed by atoms with Gasteiger partial charge in [0, 0.05) is 4.75 Å². The molecular weight excluding hydrogens is 248 g/mol. The van der Waals surface area contributed by atoms with Crippen LogP contribution in [0.2, 0.25) is 0 Å². The monoisotopic (exact) mass is 290 g/mol. The lowest BCUT2D eigenvalue weighted by Crippen LogP contribution is -2.31. The maximum absolute atomic E-state index is 2.43. The van der Waals surface area contributed by atoms with Gasteiger partial charge < -0.3 is 0 Å². The Hall–Kier alpha value is 0.350. The second kappa shape index (κ2) is 9.32.